The van der Waals surface area contributed by atoms with E-state index in [1.54, 1.807) is 6.92 Å². The van der Waals surface area contributed by atoms with Crippen LogP contribution in [-0.2, 0) is 4.79 Å². The maximum atomic E-state index is 9.73. The van der Waals surface area contributed by atoms with Crippen molar-refractivity contribution in [3.8, 4) is 0 Å². The second-order valence-electron chi connectivity index (χ2n) is 1.58. The van der Waals surface area contributed by atoms with Gasteiger partial charge in [0.05, 0.1) is 6.42 Å². The van der Waals surface area contributed by atoms with Gasteiger partial charge < -0.3 is 10.8 Å². The van der Waals surface area contributed by atoms with Gasteiger partial charge in [0.2, 0.25) is 0 Å². The number of carbonyl (C=O) groups is 1. The normalized spacial score (nSPS) is 11.8. The summed E-state index contributed by atoms with van der Waals surface area (Å²) < 4.78 is 0. The first-order valence-corrected chi connectivity index (χ1v) is 2.10. The molecule has 8 heavy (non-hydrogen) atoms. The molecule has 0 saturated carbocycles. The van der Waals surface area contributed by atoms with Gasteiger partial charge in [-0.05, 0) is 6.92 Å². The van der Waals surface area contributed by atoms with E-state index in [1.807, 2.05) is 0 Å². The van der Waals surface area contributed by atoms with Crippen LogP contribution in [0, 0.1) is 0 Å². The zero-order valence-corrected chi connectivity index (χ0v) is 4.22. The number of rotatable bonds is 2. The van der Waals surface area contributed by atoms with E-state index in [2.05, 4.69) is 0 Å². The molecule has 0 radical (unpaired) electrons. The molecule has 0 aromatic rings. The molecule has 3 nitrogen and oxygen atoms in total. The van der Waals surface area contributed by atoms with Crippen molar-refractivity contribution < 1.29 is 9.90 Å². The van der Waals surface area contributed by atoms with Gasteiger partial charge in [-0.15, -0.1) is 0 Å². The third-order valence-corrected chi connectivity index (χ3v) is 0.497. The summed E-state index contributed by atoms with van der Waals surface area (Å²) in [5, 5.41) is 8.00. The fourth-order valence-electron chi connectivity index (χ4n) is 0.275. The molecule has 0 aromatic carbocycles. The Morgan fingerprint density at radius 1 is 1.88 bits per heavy atom. The predicted octanol–water partition coefficient (Wildman–Crippen LogP) is -0.840. The molecule has 4 heteroatoms. The number of nitrogens with two attached hydrogens (primary N) is 1. The molecule has 0 saturated heterocycles. The van der Waals surface area contributed by atoms with Crippen LogP contribution in [0.5, 0.6) is 0 Å². The summed E-state index contributed by atoms with van der Waals surface area (Å²) in [6.45, 7) is 1.66. The summed E-state index contributed by atoms with van der Waals surface area (Å²) in [5.41, 5.74) is 5.11. The van der Waals surface area contributed by atoms with Crippen molar-refractivity contribution in [2.45, 2.75) is 19.4 Å². The maximum absolute atomic E-state index is 9.73. The minimum absolute atomic E-state index is 0. The second kappa shape index (κ2) is 5.56. The molecular formula is C4H10NNaO2. The first kappa shape index (κ1) is 11.3. The quantitative estimate of drug-likeness (QED) is 0.475. The topological polar surface area (TPSA) is 63.3 Å². The Bertz CT molecular complexity index is 74.4. The summed E-state index contributed by atoms with van der Waals surface area (Å²) in [7, 11) is 0. The van der Waals surface area contributed by atoms with Crippen LogP contribution in [0.2, 0.25) is 0 Å². The van der Waals surface area contributed by atoms with Crippen LogP contribution in [0.4, 0.5) is 0 Å². The Morgan fingerprint density at radius 2 is 2.25 bits per heavy atom. The zero-order valence-electron chi connectivity index (χ0n) is 4.22. The molecule has 3 N–H and O–H groups in total. The number of carboxylic acids is 1. The van der Waals surface area contributed by atoms with Gasteiger partial charge >= 0.3 is 35.5 Å². The summed E-state index contributed by atoms with van der Waals surface area (Å²) in [6.07, 6.45) is 0.0556. The van der Waals surface area contributed by atoms with Gasteiger partial charge in [-0.3, -0.25) is 4.79 Å². The summed E-state index contributed by atoms with van der Waals surface area (Å²) in [4.78, 5) is 9.73. The Morgan fingerprint density at radius 3 is 2.25 bits per heavy atom. The average Bonchev–Trinajstić information content (AvgIpc) is 1.27. The Kier molecular flexibility index (Phi) is 7.83. The van der Waals surface area contributed by atoms with Gasteiger partial charge in [0, 0.05) is 6.04 Å². The van der Waals surface area contributed by atoms with Crippen LogP contribution in [-0.4, -0.2) is 46.7 Å². The van der Waals surface area contributed by atoms with Crippen LogP contribution < -0.4 is 5.73 Å². The van der Waals surface area contributed by atoms with Gasteiger partial charge in [-0.2, -0.15) is 0 Å². The second-order valence-corrected chi connectivity index (χ2v) is 1.58. The van der Waals surface area contributed by atoms with Gasteiger partial charge in [-0.1, -0.05) is 0 Å². The molecule has 1 unspecified atom stereocenters. The summed E-state index contributed by atoms with van der Waals surface area (Å²) in [5.74, 6) is -0.838. The molecule has 0 bridgehead atoms. The van der Waals surface area contributed by atoms with Crippen molar-refractivity contribution in [1.82, 2.24) is 0 Å². The van der Waals surface area contributed by atoms with Crippen molar-refractivity contribution in [1.29, 1.82) is 0 Å². The van der Waals surface area contributed by atoms with E-state index in [-0.39, 0.29) is 42.0 Å². The van der Waals surface area contributed by atoms with Gasteiger partial charge in [0.15, 0.2) is 0 Å². The molecule has 0 aromatic heterocycles. The predicted molar refractivity (Wildman–Crippen MR) is 33.1 cm³/mol. The van der Waals surface area contributed by atoms with Crippen molar-refractivity contribution in [2.75, 3.05) is 0 Å². The number of aliphatic carboxylic acids is 1. The number of carboxylic acid groups (broad SMARTS) is 1. The van der Waals surface area contributed by atoms with E-state index >= 15 is 0 Å². The standard InChI is InChI=1S/C4H9NO2.Na.H/c1-3(5)2-4(6)7;;/h3H,2,5H2,1H3,(H,6,7);;. The van der Waals surface area contributed by atoms with Gasteiger partial charge in [-0.25, -0.2) is 0 Å². The molecule has 0 aliphatic rings. The molecule has 0 amide bonds. The summed E-state index contributed by atoms with van der Waals surface area (Å²) in [6, 6.07) is -0.225. The molecular weight excluding hydrogens is 117 g/mol. The van der Waals surface area contributed by atoms with E-state index < -0.39 is 5.97 Å². The molecule has 0 aliphatic heterocycles. The van der Waals surface area contributed by atoms with Crippen molar-refractivity contribution in [2.24, 2.45) is 5.73 Å². The SMILES string of the molecule is CC(N)CC(=O)O.[NaH]. The van der Waals surface area contributed by atoms with Crippen LogP contribution in [0.25, 0.3) is 0 Å². The summed E-state index contributed by atoms with van der Waals surface area (Å²) >= 11 is 0. The Balaban J connectivity index is 0. The van der Waals surface area contributed by atoms with Gasteiger partial charge in [0.25, 0.3) is 0 Å². The Labute approximate surface area is 70.5 Å². The monoisotopic (exact) mass is 127 g/mol. The molecule has 0 fully saturated rings. The van der Waals surface area contributed by atoms with Gasteiger partial charge in [0.1, 0.15) is 0 Å². The zero-order chi connectivity index (χ0) is 5.86. The first-order chi connectivity index (χ1) is 3.13. The molecule has 1 atom stereocenters. The van der Waals surface area contributed by atoms with Crippen LogP contribution in [0.3, 0.4) is 0 Å². The van der Waals surface area contributed by atoms with E-state index in [1.165, 1.54) is 0 Å². The number of hydrogen-bond donors (Lipinski definition) is 2. The fraction of sp³-hybridized carbons (Fsp3) is 0.750. The first-order valence-electron chi connectivity index (χ1n) is 2.10. The molecule has 0 aliphatic carbocycles. The number of hydrogen-bond acceptors (Lipinski definition) is 2. The van der Waals surface area contributed by atoms with E-state index in [0.717, 1.165) is 0 Å². The third kappa shape index (κ3) is 9.66. The van der Waals surface area contributed by atoms with Crippen molar-refractivity contribution in [3.63, 3.8) is 0 Å². The van der Waals surface area contributed by atoms with Crippen molar-refractivity contribution >= 4 is 35.5 Å². The van der Waals surface area contributed by atoms with Crippen LogP contribution >= 0.6 is 0 Å². The van der Waals surface area contributed by atoms with E-state index in [4.69, 9.17) is 10.8 Å². The molecule has 0 heterocycles. The Hall–Kier alpha value is 0.430. The van der Waals surface area contributed by atoms with E-state index in [0.29, 0.717) is 0 Å². The molecule has 44 valence electrons. The minimum atomic E-state index is -0.838. The van der Waals surface area contributed by atoms with Crippen molar-refractivity contribution in [3.05, 3.63) is 0 Å². The van der Waals surface area contributed by atoms with E-state index in [9.17, 15) is 4.79 Å². The van der Waals surface area contributed by atoms with Crippen LogP contribution in [0.1, 0.15) is 13.3 Å². The molecule has 0 rings (SSSR count). The van der Waals surface area contributed by atoms with Crippen LogP contribution in [0.15, 0.2) is 0 Å². The fourth-order valence-corrected chi connectivity index (χ4v) is 0.275. The molecule has 0 spiro atoms. The average molecular weight is 127 g/mol. The third-order valence-electron chi connectivity index (χ3n) is 0.497.